The highest BCUT2D eigenvalue weighted by molar-refractivity contribution is 7.86. The van der Waals surface area contributed by atoms with Gasteiger partial charge in [-0.15, -0.1) is 0 Å². The van der Waals surface area contributed by atoms with Crippen molar-refractivity contribution in [1.82, 2.24) is 13.5 Å². The lowest BCUT2D eigenvalue weighted by Crippen LogP contribution is -2.48. The van der Waals surface area contributed by atoms with E-state index in [4.69, 9.17) is 4.74 Å². The minimum atomic E-state index is -3.28. The lowest BCUT2D eigenvalue weighted by Gasteiger charge is -2.34. The van der Waals surface area contributed by atoms with Crippen LogP contribution >= 0.6 is 0 Å². The van der Waals surface area contributed by atoms with Gasteiger partial charge >= 0.3 is 0 Å². The summed E-state index contributed by atoms with van der Waals surface area (Å²) in [4.78, 5) is 2.38. The zero-order valence-corrected chi connectivity index (χ0v) is 15.1. The summed E-state index contributed by atoms with van der Waals surface area (Å²) in [5.74, 6) is 0.474. The maximum atomic E-state index is 12.9. The number of hydrogen-bond donors (Lipinski definition) is 0. The molecule has 23 heavy (non-hydrogen) atoms. The molecule has 2 atom stereocenters. The lowest BCUT2D eigenvalue weighted by molar-refractivity contribution is 0.0749. The van der Waals surface area contributed by atoms with Crippen molar-refractivity contribution in [2.75, 3.05) is 52.4 Å². The van der Waals surface area contributed by atoms with E-state index in [9.17, 15) is 8.42 Å². The third-order valence-electron chi connectivity index (χ3n) is 5.31. The van der Waals surface area contributed by atoms with E-state index in [0.717, 1.165) is 58.3 Å². The quantitative estimate of drug-likeness (QED) is 0.767. The van der Waals surface area contributed by atoms with Crippen LogP contribution in [0.4, 0.5) is 0 Å². The molecule has 3 aliphatic rings. The Hall–Kier alpha value is -0.210. The third-order valence-corrected chi connectivity index (χ3v) is 7.31. The molecular formula is C16H31N3O3S. The summed E-state index contributed by atoms with van der Waals surface area (Å²) in [5.41, 5.74) is 0. The molecule has 3 saturated heterocycles. The van der Waals surface area contributed by atoms with Crippen LogP contribution < -0.4 is 0 Å². The summed E-state index contributed by atoms with van der Waals surface area (Å²) in [6.45, 7) is 8.40. The van der Waals surface area contributed by atoms with Gasteiger partial charge in [0.25, 0.3) is 10.2 Å². The van der Waals surface area contributed by atoms with Gasteiger partial charge in [0.05, 0.1) is 6.10 Å². The number of piperidine rings is 1. The van der Waals surface area contributed by atoms with Crippen molar-refractivity contribution in [3.63, 3.8) is 0 Å². The molecule has 0 radical (unpaired) electrons. The molecule has 0 bridgehead atoms. The molecule has 3 rings (SSSR count). The zero-order chi connectivity index (χ0) is 16.3. The van der Waals surface area contributed by atoms with Crippen LogP contribution in [-0.4, -0.2) is 80.5 Å². The number of hydrogen-bond acceptors (Lipinski definition) is 4. The topological polar surface area (TPSA) is 53.1 Å². The van der Waals surface area contributed by atoms with Crippen molar-refractivity contribution in [3.8, 4) is 0 Å². The number of rotatable bonds is 4. The predicted octanol–water partition coefficient (Wildman–Crippen LogP) is 1.15. The van der Waals surface area contributed by atoms with Gasteiger partial charge in [-0.05, 0) is 44.6 Å². The highest BCUT2D eigenvalue weighted by atomic mass is 32.2. The molecule has 2 unspecified atom stereocenters. The van der Waals surface area contributed by atoms with Gasteiger partial charge in [0, 0.05) is 45.9 Å². The average molecular weight is 346 g/mol. The molecule has 0 aromatic carbocycles. The summed E-state index contributed by atoms with van der Waals surface area (Å²) < 4.78 is 34.9. The summed E-state index contributed by atoms with van der Waals surface area (Å²) in [6.07, 6.45) is 5.69. The Kier molecular flexibility index (Phi) is 5.96. The molecule has 3 heterocycles. The maximum absolute atomic E-state index is 12.9. The van der Waals surface area contributed by atoms with Gasteiger partial charge < -0.3 is 4.74 Å². The van der Waals surface area contributed by atoms with Crippen molar-refractivity contribution >= 4 is 10.2 Å². The molecule has 0 N–H and O–H groups in total. The Morgan fingerprint density at radius 2 is 1.78 bits per heavy atom. The number of ether oxygens (including phenoxy) is 1. The fourth-order valence-corrected chi connectivity index (χ4v) is 5.76. The molecule has 0 aromatic heterocycles. The Labute approximate surface area is 140 Å². The molecule has 134 valence electrons. The zero-order valence-electron chi connectivity index (χ0n) is 14.3. The molecule has 6 nitrogen and oxygen atoms in total. The van der Waals surface area contributed by atoms with E-state index in [0.29, 0.717) is 38.2 Å². The minimum Gasteiger partial charge on any atom is -0.377 e. The highest BCUT2D eigenvalue weighted by Gasteiger charge is 2.33. The Morgan fingerprint density at radius 1 is 0.957 bits per heavy atom. The Bertz CT molecular complexity index is 479. The monoisotopic (exact) mass is 345 g/mol. The van der Waals surface area contributed by atoms with Gasteiger partial charge in [-0.25, -0.2) is 0 Å². The van der Waals surface area contributed by atoms with E-state index in [1.165, 1.54) is 0 Å². The van der Waals surface area contributed by atoms with E-state index in [-0.39, 0.29) is 0 Å². The fraction of sp³-hybridized carbons (Fsp3) is 1.00. The van der Waals surface area contributed by atoms with Crippen LogP contribution in [0.15, 0.2) is 0 Å². The first-order valence-corrected chi connectivity index (χ1v) is 10.5. The van der Waals surface area contributed by atoms with Gasteiger partial charge in [0.15, 0.2) is 0 Å². The lowest BCUT2D eigenvalue weighted by atomic mass is 10.0. The van der Waals surface area contributed by atoms with Gasteiger partial charge in [0.2, 0.25) is 0 Å². The minimum absolute atomic E-state index is 0.348. The molecule has 0 spiro atoms. The van der Waals surface area contributed by atoms with Crippen molar-refractivity contribution in [2.24, 2.45) is 5.92 Å². The van der Waals surface area contributed by atoms with Gasteiger partial charge in [0.1, 0.15) is 0 Å². The molecule has 3 fully saturated rings. The largest absolute Gasteiger partial charge is 0.377 e. The standard InChI is InChI=1S/C16H31N3O3S/c1-15-5-2-8-19(13-15)23(20,21)18-9-4-7-17(10-11-18)14-16-6-3-12-22-16/h15-16H,2-14H2,1H3. The van der Waals surface area contributed by atoms with Crippen LogP contribution in [0.2, 0.25) is 0 Å². The Morgan fingerprint density at radius 3 is 2.52 bits per heavy atom. The first-order valence-electron chi connectivity index (χ1n) is 9.15. The smallest absolute Gasteiger partial charge is 0.282 e. The van der Waals surface area contributed by atoms with Crippen LogP contribution in [0, 0.1) is 5.92 Å². The third kappa shape index (κ3) is 4.45. The van der Waals surface area contributed by atoms with Crippen LogP contribution in [0.3, 0.4) is 0 Å². The maximum Gasteiger partial charge on any atom is 0.282 e. The fourth-order valence-electron chi connectivity index (χ4n) is 3.96. The van der Waals surface area contributed by atoms with E-state index < -0.39 is 10.2 Å². The first-order chi connectivity index (χ1) is 11.1. The normalized spacial score (nSPS) is 32.9. The molecule has 0 amide bonds. The van der Waals surface area contributed by atoms with Crippen LogP contribution in [0.25, 0.3) is 0 Å². The second-order valence-electron chi connectivity index (χ2n) is 7.30. The van der Waals surface area contributed by atoms with Crippen molar-refractivity contribution in [3.05, 3.63) is 0 Å². The summed E-state index contributed by atoms with van der Waals surface area (Å²) in [7, 11) is -3.28. The highest BCUT2D eigenvalue weighted by Crippen LogP contribution is 2.22. The van der Waals surface area contributed by atoms with Crippen LogP contribution in [0.5, 0.6) is 0 Å². The summed E-state index contributed by atoms with van der Waals surface area (Å²) in [5, 5.41) is 0. The van der Waals surface area contributed by atoms with E-state index in [1.807, 2.05) is 0 Å². The van der Waals surface area contributed by atoms with Crippen LogP contribution in [-0.2, 0) is 14.9 Å². The van der Waals surface area contributed by atoms with Crippen molar-refractivity contribution in [1.29, 1.82) is 0 Å². The van der Waals surface area contributed by atoms with Gasteiger partial charge in [-0.2, -0.15) is 17.0 Å². The van der Waals surface area contributed by atoms with Crippen molar-refractivity contribution < 1.29 is 13.2 Å². The van der Waals surface area contributed by atoms with Crippen molar-refractivity contribution in [2.45, 2.75) is 45.1 Å². The second-order valence-corrected chi connectivity index (χ2v) is 9.23. The number of nitrogens with zero attached hydrogens (tertiary/aromatic N) is 3. The molecule has 7 heteroatoms. The van der Waals surface area contributed by atoms with Gasteiger partial charge in [-0.1, -0.05) is 6.92 Å². The summed E-state index contributed by atoms with van der Waals surface area (Å²) >= 11 is 0. The van der Waals surface area contributed by atoms with Crippen LogP contribution in [0.1, 0.15) is 39.0 Å². The molecule has 3 aliphatic heterocycles. The molecular weight excluding hydrogens is 314 g/mol. The first kappa shape index (κ1) is 17.6. The summed E-state index contributed by atoms with van der Waals surface area (Å²) in [6, 6.07) is 0. The van der Waals surface area contributed by atoms with Gasteiger partial charge in [-0.3, -0.25) is 4.90 Å². The predicted molar refractivity (Wildman–Crippen MR) is 90.5 cm³/mol. The molecule has 0 aromatic rings. The second kappa shape index (κ2) is 7.78. The van der Waals surface area contributed by atoms with E-state index >= 15 is 0 Å². The Balaban J connectivity index is 1.55. The molecule has 0 aliphatic carbocycles. The van der Waals surface area contributed by atoms with E-state index in [1.54, 1.807) is 8.61 Å². The molecule has 0 saturated carbocycles. The van der Waals surface area contributed by atoms with E-state index in [2.05, 4.69) is 11.8 Å². The average Bonchev–Trinajstić information content (AvgIpc) is 2.91. The SMILES string of the molecule is CC1CCCN(S(=O)(=O)N2CCCN(CC3CCCO3)CC2)C1.